The maximum Gasteiger partial charge on any atom is 0.256 e. The van der Waals surface area contributed by atoms with E-state index in [1.165, 1.54) is 11.8 Å². The van der Waals surface area contributed by atoms with E-state index in [1.807, 2.05) is 29.8 Å². The zero-order valence-corrected chi connectivity index (χ0v) is 19.5. The summed E-state index contributed by atoms with van der Waals surface area (Å²) in [6, 6.07) is 7.43. The fourth-order valence-electron chi connectivity index (χ4n) is 3.61. The first-order valence-corrected chi connectivity index (χ1v) is 11.3. The Morgan fingerprint density at radius 1 is 1.26 bits per heavy atom. The lowest BCUT2D eigenvalue weighted by atomic mass is 10.0. The molecule has 0 unspecified atom stereocenters. The van der Waals surface area contributed by atoms with Crippen LogP contribution < -0.4 is 10.6 Å². The molecule has 162 valence electrons. The maximum absolute atomic E-state index is 13.4. The Hall–Kier alpha value is -2.87. The van der Waals surface area contributed by atoms with Crippen molar-refractivity contribution in [1.29, 1.82) is 0 Å². The predicted octanol–water partition coefficient (Wildman–Crippen LogP) is 4.91. The van der Waals surface area contributed by atoms with E-state index in [-0.39, 0.29) is 23.3 Å². The molecule has 2 aromatic heterocycles. The third-order valence-electron chi connectivity index (χ3n) is 5.17. The van der Waals surface area contributed by atoms with Crippen LogP contribution in [-0.4, -0.2) is 32.3 Å². The third kappa shape index (κ3) is 4.04. The first-order valence-electron chi connectivity index (χ1n) is 10.3. The van der Waals surface area contributed by atoms with Crippen LogP contribution >= 0.6 is 11.8 Å². The summed E-state index contributed by atoms with van der Waals surface area (Å²) in [5, 5.41) is 11.3. The van der Waals surface area contributed by atoms with Gasteiger partial charge in [-0.3, -0.25) is 9.59 Å². The molecule has 7 nitrogen and oxygen atoms in total. The number of aryl methyl sites for hydroxylation is 1. The van der Waals surface area contributed by atoms with Gasteiger partial charge in [0, 0.05) is 16.3 Å². The Kier molecular flexibility index (Phi) is 5.29. The van der Waals surface area contributed by atoms with Crippen molar-refractivity contribution in [3.05, 3.63) is 41.2 Å². The Morgan fingerprint density at radius 2 is 2.00 bits per heavy atom. The van der Waals surface area contributed by atoms with Gasteiger partial charge in [-0.2, -0.15) is 5.10 Å². The summed E-state index contributed by atoms with van der Waals surface area (Å²) < 4.78 is 1.89. The molecule has 3 aromatic rings. The molecule has 0 bridgehead atoms. The Morgan fingerprint density at radius 3 is 2.68 bits per heavy atom. The van der Waals surface area contributed by atoms with Crippen molar-refractivity contribution in [3.63, 3.8) is 0 Å². The van der Waals surface area contributed by atoms with E-state index in [0.29, 0.717) is 17.0 Å². The molecular formula is C23H27N5O2S. The number of thioether (sulfide) groups is 1. The predicted molar refractivity (Wildman–Crippen MR) is 125 cm³/mol. The molecule has 0 atom stereocenters. The molecule has 0 saturated carbocycles. The summed E-state index contributed by atoms with van der Waals surface area (Å²) >= 11 is 1.49. The summed E-state index contributed by atoms with van der Waals surface area (Å²) in [4.78, 5) is 30.9. The number of nitrogens with one attached hydrogen (secondary N) is 2. The van der Waals surface area contributed by atoms with Crippen LogP contribution in [0.4, 0.5) is 11.4 Å². The van der Waals surface area contributed by atoms with Gasteiger partial charge >= 0.3 is 0 Å². The first-order chi connectivity index (χ1) is 14.5. The third-order valence-corrected chi connectivity index (χ3v) is 6.25. The minimum Gasteiger partial charge on any atom is -0.324 e. The van der Waals surface area contributed by atoms with Crippen LogP contribution in [0, 0.1) is 6.92 Å². The van der Waals surface area contributed by atoms with Gasteiger partial charge in [-0.05, 0) is 57.9 Å². The van der Waals surface area contributed by atoms with E-state index in [9.17, 15) is 9.59 Å². The van der Waals surface area contributed by atoms with Crippen LogP contribution in [0.25, 0.3) is 11.0 Å². The van der Waals surface area contributed by atoms with Crippen molar-refractivity contribution in [2.24, 2.45) is 0 Å². The maximum atomic E-state index is 13.4. The first kappa shape index (κ1) is 21.4. The number of anilines is 2. The SMILES string of the molecule is Cc1nn(C(C)(C)C)c2nc(C(C)C)cc(C(=O)Nc3ccc4c(c3)NC(=O)CS4)c12. The zero-order valence-electron chi connectivity index (χ0n) is 18.7. The highest BCUT2D eigenvalue weighted by Crippen LogP contribution is 2.34. The molecule has 0 saturated heterocycles. The summed E-state index contributed by atoms with van der Waals surface area (Å²) in [7, 11) is 0. The molecule has 0 fully saturated rings. The molecule has 1 aliphatic rings. The van der Waals surface area contributed by atoms with Gasteiger partial charge < -0.3 is 10.6 Å². The van der Waals surface area contributed by atoms with Crippen molar-refractivity contribution < 1.29 is 9.59 Å². The molecule has 0 spiro atoms. The minimum absolute atomic E-state index is 0.0383. The number of pyridine rings is 1. The largest absolute Gasteiger partial charge is 0.324 e. The number of hydrogen-bond donors (Lipinski definition) is 2. The van der Waals surface area contributed by atoms with Crippen molar-refractivity contribution in [2.45, 2.75) is 57.9 Å². The standard InChI is InChI=1S/C23H27N5O2S/c1-12(2)16-10-15(20-13(3)27-28(21(20)26-16)23(4,5)6)22(30)24-14-7-8-18-17(9-14)25-19(29)11-31-18/h7-10,12H,11H2,1-6H3,(H,24,30)(H,25,29). The van der Waals surface area contributed by atoms with Gasteiger partial charge in [0.15, 0.2) is 5.65 Å². The molecule has 2 N–H and O–H groups in total. The Balaban J connectivity index is 1.78. The number of benzene rings is 1. The van der Waals surface area contributed by atoms with E-state index >= 15 is 0 Å². The molecule has 1 aromatic carbocycles. The number of carbonyl (C=O) groups excluding carboxylic acids is 2. The van der Waals surface area contributed by atoms with Gasteiger partial charge in [0.2, 0.25) is 5.91 Å². The highest BCUT2D eigenvalue weighted by Gasteiger charge is 2.25. The highest BCUT2D eigenvalue weighted by molar-refractivity contribution is 8.00. The van der Waals surface area contributed by atoms with Gasteiger partial charge in [0.05, 0.1) is 33.6 Å². The number of hydrogen-bond acceptors (Lipinski definition) is 5. The van der Waals surface area contributed by atoms with Crippen LogP contribution in [0.3, 0.4) is 0 Å². The highest BCUT2D eigenvalue weighted by atomic mass is 32.2. The molecular weight excluding hydrogens is 410 g/mol. The summed E-state index contributed by atoms with van der Waals surface area (Å²) in [6.45, 7) is 12.2. The van der Waals surface area contributed by atoms with E-state index in [1.54, 1.807) is 6.07 Å². The normalized spacial score (nSPS) is 14.0. The average Bonchev–Trinajstić information content (AvgIpc) is 3.04. The molecule has 3 heterocycles. The summed E-state index contributed by atoms with van der Waals surface area (Å²) in [5.74, 6) is 0.308. The second-order valence-electron chi connectivity index (χ2n) is 9.12. The van der Waals surface area contributed by atoms with Crippen LogP contribution in [-0.2, 0) is 10.3 Å². The van der Waals surface area contributed by atoms with Gasteiger partial charge in [-0.1, -0.05) is 13.8 Å². The molecule has 2 amide bonds. The van der Waals surface area contributed by atoms with Crippen LogP contribution in [0.2, 0.25) is 0 Å². The quantitative estimate of drug-likeness (QED) is 0.607. The zero-order chi connectivity index (χ0) is 22.5. The van der Waals surface area contributed by atoms with Gasteiger partial charge in [-0.25, -0.2) is 9.67 Å². The van der Waals surface area contributed by atoms with Gasteiger partial charge in [0.25, 0.3) is 5.91 Å². The van der Waals surface area contributed by atoms with Crippen molar-refractivity contribution in [3.8, 4) is 0 Å². The number of fused-ring (bicyclic) bond motifs is 2. The van der Waals surface area contributed by atoms with E-state index in [4.69, 9.17) is 10.1 Å². The Labute approximate surface area is 186 Å². The second-order valence-corrected chi connectivity index (χ2v) is 10.1. The van der Waals surface area contributed by atoms with Crippen LogP contribution in [0.5, 0.6) is 0 Å². The number of amides is 2. The summed E-state index contributed by atoms with van der Waals surface area (Å²) in [5.41, 5.74) is 3.97. The number of carbonyl (C=O) groups is 2. The molecule has 0 aliphatic carbocycles. The fourth-order valence-corrected chi connectivity index (χ4v) is 4.40. The van der Waals surface area contributed by atoms with Gasteiger partial charge in [0.1, 0.15) is 0 Å². The van der Waals surface area contributed by atoms with E-state index in [0.717, 1.165) is 33.0 Å². The lowest BCUT2D eigenvalue weighted by molar-refractivity contribution is -0.113. The van der Waals surface area contributed by atoms with Crippen LogP contribution in [0.1, 0.15) is 62.3 Å². The van der Waals surface area contributed by atoms with Crippen molar-refractivity contribution in [1.82, 2.24) is 14.8 Å². The molecule has 8 heteroatoms. The van der Waals surface area contributed by atoms with Crippen molar-refractivity contribution >= 4 is 46.0 Å². The number of rotatable bonds is 3. The fraction of sp³-hybridized carbons (Fsp3) is 0.391. The van der Waals surface area contributed by atoms with Gasteiger partial charge in [-0.15, -0.1) is 11.8 Å². The number of nitrogens with zero attached hydrogens (tertiary/aromatic N) is 3. The molecule has 1 aliphatic heterocycles. The lowest BCUT2D eigenvalue weighted by Gasteiger charge is -2.20. The molecule has 0 radical (unpaired) electrons. The minimum atomic E-state index is -0.267. The molecule has 31 heavy (non-hydrogen) atoms. The second kappa shape index (κ2) is 7.67. The molecule has 4 rings (SSSR count). The topological polar surface area (TPSA) is 88.9 Å². The monoisotopic (exact) mass is 437 g/mol. The average molecular weight is 438 g/mol. The Bertz CT molecular complexity index is 1210. The smallest absolute Gasteiger partial charge is 0.256 e. The van der Waals surface area contributed by atoms with Crippen LogP contribution in [0.15, 0.2) is 29.2 Å². The van der Waals surface area contributed by atoms with E-state index in [2.05, 4.69) is 45.3 Å². The number of aromatic nitrogens is 3. The summed E-state index contributed by atoms with van der Waals surface area (Å²) in [6.07, 6.45) is 0. The lowest BCUT2D eigenvalue weighted by Crippen LogP contribution is -2.24. The van der Waals surface area contributed by atoms with Crippen molar-refractivity contribution in [2.75, 3.05) is 16.4 Å². The van der Waals surface area contributed by atoms with E-state index < -0.39 is 0 Å².